The van der Waals surface area contributed by atoms with Crippen LogP contribution in [-0.4, -0.2) is 36.6 Å². The van der Waals surface area contributed by atoms with E-state index in [0.29, 0.717) is 17.6 Å². The number of nitro benzene ring substituents is 1. The number of amides is 1. The van der Waals surface area contributed by atoms with Crippen molar-refractivity contribution in [1.82, 2.24) is 0 Å². The van der Waals surface area contributed by atoms with Crippen LogP contribution in [0.1, 0.15) is 18.9 Å². The molecule has 0 aromatic heterocycles. The van der Waals surface area contributed by atoms with Crippen molar-refractivity contribution in [3.8, 4) is 11.5 Å². The minimum Gasteiger partial charge on any atom is -0.497 e. The van der Waals surface area contributed by atoms with Gasteiger partial charge in [0.2, 0.25) is 0 Å². The molecule has 0 saturated carbocycles. The molecule has 2 aromatic rings. The van der Waals surface area contributed by atoms with Crippen LogP contribution in [0.4, 0.5) is 24.5 Å². The first-order valence-corrected chi connectivity index (χ1v) is 9.14. The smallest absolute Gasteiger partial charge is 0.418 e. The predicted molar refractivity (Wildman–Crippen MR) is 105 cm³/mol. The Balaban J connectivity index is 1.91. The van der Waals surface area contributed by atoms with Gasteiger partial charge in [0, 0.05) is 12.1 Å². The Hall–Kier alpha value is -3.83. The van der Waals surface area contributed by atoms with Crippen molar-refractivity contribution in [2.75, 3.05) is 19.0 Å². The number of alkyl halides is 3. The standard InChI is InChI=1S/C20H19F3N2O7/c1-12(32-18(26)9-10-31-15-6-4-14(30-2)5-7-15)19(27)24-17-8-3-13(25(28)29)11-16(17)20(21,22)23/h3-8,11-12H,9-10H2,1-2H3,(H,24,27)/t12-/m1/s1. The molecule has 2 aromatic carbocycles. The molecule has 0 saturated heterocycles. The van der Waals surface area contributed by atoms with Gasteiger partial charge in [-0.25, -0.2) is 0 Å². The van der Waals surface area contributed by atoms with E-state index >= 15 is 0 Å². The third-order valence-electron chi connectivity index (χ3n) is 4.09. The topological polar surface area (TPSA) is 117 Å². The maximum Gasteiger partial charge on any atom is 0.418 e. The number of methoxy groups -OCH3 is 1. The third kappa shape index (κ3) is 6.86. The molecule has 1 N–H and O–H groups in total. The van der Waals surface area contributed by atoms with Crippen LogP contribution in [0.2, 0.25) is 0 Å². The number of nitrogens with zero attached hydrogens (tertiary/aromatic N) is 1. The van der Waals surface area contributed by atoms with Gasteiger partial charge >= 0.3 is 12.1 Å². The maximum absolute atomic E-state index is 13.2. The summed E-state index contributed by atoms with van der Waals surface area (Å²) in [6.45, 7) is 1.12. The first kappa shape index (κ1) is 24.4. The lowest BCUT2D eigenvalue weighted by atomic mass is 10.1. The van der Waals surface area contributed by atoms with Crippen molar-refractivity contribution >= 4 is 23.3 Å². The van der Waals surface area contributed by atoms with Crippen molar-refractivity contribution in [3.05, 3.63) is 58.1 Å². The van der Waals surface area contributed by atoms with Gasteiger partial charge in [-0.1, -0.05) is 0 Å². The number of rotatable bonds is 9. The number of benzene rings is 2. The fourth-order valence-electron chi connectivity index (χ4n) is 2.46. The zero-order valence-corrected chi connectivity index (χ0v) is 17.0. The largest absolute Gasteiger partial charge is 0.497 e. The fraction of sp³-hybridized carbons (Fsp3) is 0.300. The Morgan fingerprint density at radius 3 is 2.31 bits per heavy atom. The molecule has 32 heavy (non-hydrogen) atoms. The van der Waals surface area contributed by atoms with E-state index in [2.05, 4.69) is 0 Å². The van der Waals surface area contributed by atoms with Crippen LogP contribution in [-0.2, 0) is 20.5 Å². The van der Waals surface area contributed by atoms with Gasteiger partial charge in [0.05, 0.1) is 36.3 Å². The van der Waals surface area contributed by atoms with E-state index in [4.69, 9.17) is 14.2 Å². The fourth-order valence-corrected chi connectivity index (χ4v) is 2.46. The van der Waals surface area contributed by atoms with Gasteiger partial charge < -0.3 is 19.5 Å². The Labute approximate surface area is 180 Å². The number of hydrogen-bond acceptors (Lipinski definition) is 7. The zero-order valence-electron chi connectivity index (χ0n) is 17.0. The summed E-state index contributed by atoms with van der Waals surface area (Å²) in [4.78, 5) is 33.8. The summed E-state index contributed by atoms with van der Waals surface area (Å²) in [5, 5.41) is 12.7. The third-order valence-corrected chi connectivity index (χ3v) is 4.09. The minimum absolute atomic E-state index is 0.0555. The molecule has 0 spiro atoms. The van der Waals surface area contributed by atoms with Crippen LogP contribution in [0.5, 0.6) is 11.5 Å². The molecule has 0 bridgehead atoms. The molecule has 0 aliphatic heterocycles. The average molecular weight is 456 g/mol. The number of non-ortho nitro benzene ring substituents is 1. The number of ether oxygens (including phenoxy) is 3. The highest BCUT2D eigenvalue weighted by Gasteiger charge is 2.36. The predicted octanol–water partition coefficient (Wildman–Crippen LogP) is 3.96. The van der Waals surface area contributed by atoms with E-state index in [1.165, 1.54) is 14.0 Å². The van der Waals surface area contributed by atoms with Gasteiger partial charge in [-0.3, -0.25) is 19.7 Å². The summed E-state index contributed by atoms with van der Waals surface area (Å²) >= 11 is 0. The van der Waals surface area contributed by atoms with Gasteiger partial charge in [0.15, 0.2) is 6.10 Å². The molecular weight excluding hydrogens is 437 g/mol. The van der Waals surface area contributed by atoms with Crippen LogP contribution in [0.3, 0.4) is 0 Å². The summed E-state index contributed by atoms with van der Waals surface area (Å²) in [6, 6.07) is 8.46. The summed E-state index contributed by atoms with van der Waals surface area (Å²) in [5.74, 6) is -0.741. The molecule has 12 heteroatoms. The number of nitro groups is 1. The molecule has 172 valence electrons. The summed E-state index contributed by atoms with van der Waals surface area (Å²) in [7, 11) is 1.51. The van der Waals surface area contributed by atoms with Crippen molar-refractivity contribution in [2.24, 2.45) is 0 Å². The van der Waals surface area contributed by atoms with Gasteiger partial charge in [-0.15, -0.1) is 0 Å². The number of halogens is 3. The molecule has 0 aliphatic rings. The van der Waals surface area contributed by atoms with Gasteiger partial charge in [-0.05, 0) is 37.3 Å². The van der Waals surface area contributed by atoms with Crippen molar-refractivity contribution < 1.29 is 41.9 Å². The van der Waals surface area contributed by atoms with Crippen LogP contribution in [0.15, 0.2) is 42.5 Å². The SMILES string of the molecule is COc1ccc(OCCC(=O)O[C@H](C)C(=O)Nc2ccc([N+](=O)[O-])cc2C(F)(F)F)cc1. The van der Waals surface area contributed by atoms with E-state index in [1.807, 2.05) is 5.32 Å². The van der Waals surface area contributed by atoms with E-state index in [0.717, 1.165) is 12.1 Å². The maximum atomic E-state index is 13.2. The molecule has 0 unspecified atom stereocenters. The monoisotopic (exact) mass is 456 g/mol. The Bertz CT molecular complexity index is 978. The first-order chi connectivity index (χ1) is 15.0. The van der Waals surface area contributed by atoms with Crippen molar-refractivity contribution in [1.29, 1.82) is 0 Å². The molecular formula is C20H19F3N2O7. The molecule has 1 amide bonds. The Morgan fingerprint density at radius 2 is 1.75 bits per heavy atom. The molecule has 0 heterocycles. The summed E-state index contributed by atoms with van der Waals surface area (Å²) in [6.07, 6.45) is -6.58. The average Bonchev–Trinajstić information content (AvgIpc) is 2.73. The van der Waals surface area contributed by atoms with Crippen molar-refractivity contribution in [3.63, 3.8) is 0 Å². The van der Waals surface area contributed by atoms with Crippen molar-refractivity contribution in [2.45, 2.75) is 25.6 Å². The zero-order chi connectivity index (χ0) is 23.9. The number of carbonyl (C=O) groups is 2. The highest BCUT2D eigenvalue weighted by atomic mass is 19.4. The van der Waals surface area contributed by atoms with Gasteiger partial charge in [0.25, 0.3) is 11.6 Å². The second kappa shape index (κ2) is 10.5. The highest BCUT2D eigenvalue weighted by molar-refractivity contribution is 5.96. The number of esters is 1. The van der Waals surface area contributed by atoms with Gasteiger partial charge in [0.1, 0.15) is 11.5 Å². The lowest BCUT2D eigenvalue weighted by Crippen LogP contribution is -2.31. The normalized spacial score (nSPS) is 11.9. The Morgan fingerprint density at radius 1 is 1.12 bits per heavy atom. The summed E-state index contributed by atoms with van der Waals surface area (Å²) < 4.78 is 54.9. The molecule has 9 nitrogen and oxygen atoms in total. The minimum atomic E-state index is -4.95. The molecule has 1 atom stereocenters. The lowest BCUT2D eigenvalue weighted by Gasteiger charge is -2.17. The van der Waals surface area contributed by atoms with E-state index in [9.17, 15) is 32.9 Å². The molecule has 0 aliphatic carbocycles. The number of nitrogens with one attached hydrogen (secondary N) is 1. The second-order valence-corrected chi connectivity index (χ2v) is 6.38. The number of carbonyl (C=O) groups excluding carboxylic acids is 2. The van der Waals surface area contributed by atoms with E-state index in [-0.39, 0.29) is 13.0 Å². The van der Waals surface area contributed by atoms with Crippen LogP contribution < -0.4 is 14.8 Å². The quantitative estimate of drug-likeness (QED) is 0.345. The molecule has 0 fully saturated rings. The van der Waals surface area contributed by atoms with E-state index in [1.54, 1.807) is 24.3 Å². The van der Waals surface area contributed by atoms with Crippen LogP contribution in [0, 0.1) is 10.1 Å². The molecule has 0 radical (unpaired) electrons. The van der Waals surface area contributed by atoms with E-state index < -0.39 is 46.0 Å². The lowest BCUT2D eigenvalue weighted by molar-refractivity contribution is -0.385. The summed E-state index contributed by atoms with van der Waals surface area (Å²) in [5.41, 5.74) is -2.88. The van der Waals surface area contributed by atoms with Crippen LogP contribution in [0.25, 0.3) is 0 Å². The molecule has 2 rings (SSSR count). The first-order valence-electron chi connectivity index (χ1n) is 9.14. The highest BCUT2D eigenvalue weighted by Crippen LogP contribution is 2.37. The van der Waals surface area contributed by atoms with Gasteiger partial charge in [-0.2, -0.15) is 13.2 Å². The number of hydrogen-bond donors (Lipinski definition) is 1. The number of anilines is 1. The second-order valence-electron chi connectivity index (χ2n) is 6.38. The van der Waals surface area contributed by atoms with Crippen LogP contribution >= 0.6 is 0 Å². The Kier molecular flexibility index (Phi) is 7.99.